The maximum absolute atomic E-state index is 4.03. The van der Waals surface area contributed by atoms with Crippen LogP contribution in [0.15, 0.2) is 67.0 Å². The summed E-state index contributed by atoms with van der Waals surface area (Å²) < 4.78 is 0. The number of rotatable bonds is 6. The van der Waals surface area contributed by atoms with Crippen molar-refractivity contribution in [3.8, 4) is 10.4 Å². The number of thiophene rings is 1. The molecule has 0 aliphatic rings. The van der Waals surface area contributed by atoms with Crippen LogP contribution in [0, 0.1) is 0 Å². The molecule has 3 heteroatoms. The third kappa shape index (κ3) is 4.00. The highest BCUT2D eigenvalue weighted by Crippen LogP contribution is 2.27. The van der Waals surface area contributed by atoms with E-state index in [2.05, 4.69) is 64.9 Å². The van der Waals surface area contributed by atoms with E-state index in [-0.39, 0.29) is 0 Å². The summed E-state index contributed by atoms with van der Waals surface area (Å²) in [6, 6.07) is 19.1. The van der Waals surface area contributed by atoms with Gasteiger partial charge in [0.1, 0.15) is 0 Å². The molecule has 0 atom stereocenters. The molecule has 1 aromatic carbocycles. The molecule has 0 unspecified atom stereocenters. The van der Waals surface area contributed by atoms with E-state index in [4.69, 9.17) is 0 Å². The maximum Gasteiger partial charge on any atom is 0.0346 e. The van der Waals surface area contributed by atoms with Gasteiger partial charge in [0.15, 0.2) is 0 Å². The van der Waals surface area contributed by atoms with Gasteiger partial charge in [-0.1, -0.05) is 30.3 Å². The van der Waals surface area contributed by atoms with E-state index in [1.54, 1.807) is 0 Å². The van der Waals surface area contributed by atoms with Crippen molar-refractivity contribution in [1.82, 2.24) is 10.3 Å². The van der Waals surface area contributed by atoms with Gasteiger partial charge in [-0.05, 0) is 48.4 Å². The Morgan fingerprint density at radius 1 is 0.905 bits per heavy atom. The van der Waals surface area contributed by atoms with Crippen LogP contribution in [0.4, 0.5) is 0 Å². The molecule has 0 aliphatic carbocycles. The summed E-state index contributed by atoms with van der Waals surface area (Å²) in [5, 5.41) is 3.50. The maximum atomic E-state index is 4.03. The van der Waals surface area contributed by atoms with E-state index < -0.39 is 0 Å². The first kappa shape index (κ1) is 14.0. The molecule has 0 spiro atoms. The SMILES string of the molecule is c1ccc(-c2ccc(CNCCc3ccncc3)s2)cc1. The molecule has 3 aromatic rings. The van der Waals surface area contributed by atoms with Crippen LogP contribution in [0.2, 0.25) is 0 Å². The number of hydrogen-bond acceptors (Lipinski definition) is 3. The van der Waals surface area contributed by atoms with Gasteiger partial charge in [-0.15, -0.1) is 11.3 Å². The molecule has 2 heterocycles. The highest BCUT2D eigenvalue weighted by molar-refractivity contribution is 7.15. The standard InChI is InChI=1S/C18H18N2S/c1-2-4-16(5-3-1)18-7-6-17(21-18)14-20-13-10-15-8-11-19-12-9-15/h1-9,11-12,20H,10,13-14H2. The number of nitrogens with zero attached hydrogens (tertiary/aromatic N) is 1. The number of nitrogens with one attached hydrogen (secondary N) is 1. The molecular formula is C18H18N2S. The van der Waals surface area contributed by atoms with Crippen LogP contribution in [-0.4, -0.2) is 11.5 Å². The van der Waals surface area contributed by atoms with Crippen LogP contribution in [0.1, 0.15) is 10.4 Å². The van der Waals surface area contributed by atoms with Crippen molar-refractivity contribution in [3.63, 3.8) is 0 Å². The van der Waals surface area contributed by atoms with E-state index in [0.29, 0.717) is 0 Å². The minimum Gasteiger partial charge on any atom is -0.312 e. The summed E-state index contributed by atoms with van der Waals surface area (Å²) in [6.07, 6.45) is 4.74. The lowest BCUT2D eigenvalue weighted by Crippen LogP contribution is -2.15. The molecular weight excluding hydrogens is 276 g/mol. The Hall–Kier alpha value is -1.97. The highest BCUT2D eigenvalue weighted by atomic mass is 32.1. The van der Waals surface area contributed by atoms with Gasteiger partial charge in [-0.3, -0.25) is 4.98 Å². The zero-order valence-corrected chi connectivity index (χ0v) is 12.6. The zero-order chi connectivity index (χ0) is 14.3. The molecule has 3 rings (SSSR count). The second kappa shape index (κ2) is 7.16. The minimum atomic E-state index is 0.933. The van der Waals surface area contributed by atoms with Crippen molar-refractivity contribution in [2.24, 2.45) is 0 Å². The van der Waals surface area contributed by atoms with Crippen molar-refractivity contribution >= 4 is 11.3 Å². The quantitative estimate of drug-likeness (QED) is 0.691. The Morgan fingerprint density at radius 3 is 2.52 bits per heavy atom. The lowest BCUT2D eigenvalue weighted by atomic mass is 10.2. The van der Waals surface area contributed by atoms with E-state index in [1.165, 1.54) is 20.9 Å². The Morgan fingerprint density at radius 2 is 1.71 bits per heavy atom. The predicted octanol–water partition coefficient (Wildman–Crippen LogP) is 4.14. The number of benzene rings is 1. The van der Waals surface area contributed by atoms with Crippen molar-refractivity contribution in [3.05, 3.63) is 77.4 Å². The topological polar surface area (TPSA) is 24.9 Å². The van der Waals surface area contributed by atoms with Crippen LogP contribution in [0.25, 0.3) is 10.4 Å². The van der Waals surface area contributed by atoms with Gasteiger partial charge in [0.25, 0.3) is 0 Å². The third-order valence-electron chi connectivity index (χ3n) is 3.36. The first-order valence-corrected chi connectivity index (χ1v) is 7.97. The van der Waals surface area contributed by atoms with Gasteiger partial charge >= 0.3 is 0 Å². The summed E-state index contributed by atoms with van der Waals surface area (Å²) >= 11 is 1.86. The second-order valence-electron chi connectivity index (χ2n) is 4.91. The molecule has 0 amide bonds. The smallest absolute Gasteiger partial charge is 0.0346 e. The van der Waals surface area contributed by atoms with Crippen molar-refractivity contribution < 1.29 is 0 Å². The molecule has 2 nitrogen and oxygen atoms in total. The van der Waals surface area contributed by atoms with Gasteiger partial charge in [-0.2, -0.15) is 0 Å². The van der Waals surface area contributed by atoms with Gasteiger partial charge in [-0.25, -0.2) is 0 Å². The Balaban J connectivity index is 1.49. The fraction of sp³-hybridized carbons (Fsp3) is 0.167. The normalized spacial score (nSPS) is 10.7. The van der Waals surface area contributed by atoms with Gasteiger partial charge in [0, 0.05) is 28.7 Å². The molecule has 0 radical (unpaired) electrons. The van der Waals surface area contributed by atoms with Crippen LogP contribution >= 0.6 is 11.3 Å². The Kier molecular flexibility index (Phi) is 4.77. The average molecular weight is 294 g/mol. The van der Waals surface area contributed by atoms with E-state index in [0.717, 1.165) is 19.5 Å². The molecule has 0 bridgehead atoms. The second-order valence-corrected chi connectivity index (χ2v) is 6.08. The lowest BCUT2D eigenvalue weighted by molar-refractivity contribution is 0.693. The molecule has 21 heavy (non-hydrogen) atoms. The largest absolute Gasteiger partial charge is 0.312 e. The lowest BCUT2D eigenvalue weighted by Gasteiger charge is -2.03. The van der Waals surface area contributed by atoms with Gasteiger partial charge in [0.05, 0.1) is 0 Å². The fourth-order valence-electron chi connectivity index (χ4n) is 2.22. The van der Waals surface area contributed by atoms with E-state index in [1.807, 2.05) is 23.7 Å². The number of hydrogen-bond donors (Lipinski definition) is 1. The third-order valence-corrected chi connectivity index (χ3v) is 4.49. The molecule has 2 aromatic heterocycles. The Labute approximate surface area is 129 Å². The van der Waals surface area contributed by atoms with Crippen molar-refractivity contribution in [2.75, 3.05) is 6.54 Å². The first-order valence-electron chi connectivity index (χ1n) is 7.15. The predicted molar refractivity (Wildman–Crippen MR) is 89.4 cm³/mol. The molecule has 0 aliphatic heterocycles. The van der Waals surface area contributed by atoms with Crippen LogP contribution in [-0.2, 0) is 13.0 Å². The van der Waals surface area contributed by atoms with Crippen LogP contribution in [0.5, 0.6) is 0 Å². The first-order chi connectivity index (χ1) is 10.4. The summed E-state index contributed by atoms with van der Waals surface area (Å²) in [7, 11) is 0. The monoisotopic (exact) mass is 294 g/mol. The molecule has 106 valence electrons. The molecule has 0 fully saturated rings. The van der Waals surface area contributed by atoms with E-state index >= 15 is 0 Å². The summed E-state index contributed by atoms with van der Waals surface area (Å²) in [5.41, 5.74) is 2.62. The van der Waals surface area contributed by atoms with Crippen molar-refractivity contribution in [1.29, 1.82) is 0 Å². The van der Waals surface area contributed by atoms with Crippen molar-refractivity contribution in [2.45, 2.75) is 13.0 Å². The summed E-state index contributed by atoms with van der Waals surface area (Å²) in [5.74, 6) is 0. The number of aromatic nitrogens is 1. The molecule has 0 saturated heterocycles. The highest BCUT2D eigenvalue weighted by Gasteiger charge is 2.02. The number of pyridine rings is 1. The van der Waals surface area contributed by atoms with Crippen LogP contribution < -0.4 is 5.32 Å². The Bertz CT molecular complexity index is 662. The molecule has 0 saturated carbocycles. The average Bonchev–Trinajstić information content (AvgIpc) is 3.02. The van der Waals surface area contributed by atoms with E-state index in [9.17, 15) is 0 Å². The summed E-state index contributed by atoms with van der Waals surface area (Å²) in [6.45, 7) is 1.92. The van der Waals surface area contributed by atoms with Gasteiger partial charge < -0.3 is 5.32 Å². The summed E-state index contributed by atoms with van der Waals surface area (Å²) in [4.78, 5) is 6.75. The minimum absolute atomic E-state index is 0.933. The molecule has 1 N–H and O–H groups in total. The fourth-order valence-corrected chi connectivity index (χ4v) is 3.21. The zero-order valence-electron chi connectivity index (χ0n) is 11.8. The van der Waals surface area contributed by atoms with Gasteiger partial charge in [0.2, 0.25) is 0 Å². The van der Waals surface area contributed by atoms with Crippen LogP contribution in [0.3, 0.4) is 0 Å².